The topological polar surface area (TPSA) is 56.8 Å². The third kappa shape index (κ3) is 13.6. The zero-order valence-corrected chi connectivity index (χ0v) is 12.6. The smallest absolute Gasteiger partial charge is 0.222 e. The van der Waals surface area contributed by atoms with E-state index in [9.17, 15) is 4.79 Å². The number of amides is 1. The lowest BCUT2D eigenvalue weighted by atomic mass is 10.2. The van der Waals surface area contributed by atoms with Gasteiger partial charge in [0, 0.05) is 19.1 Å². The van der Waals surface area contributed by atoms with Gasteiger partial charge in [-0.1, -0.05) is 27.2 Å². The first-order chi connectivity index (χ1) is 9.18. The summed E-state index contributed by atoms with van der Waals surface area (Å²) in [6.07, 6.45) is 2.26. The maximum absolute atomic E-state index is 11.2. The number of nitrogens with one attached hydrogen (secondary N) is 1. The lowest BCUT2D eigenvalue weighted by molar-refractivity contribution is -0.124. The molecule has 19 heavy (non-hydrogen) atoms. The van der Waals surface area contributed by atoms with Gasteiger partial charge in [-0.3, -0.25) is 4.79 Å². The number of unbranched alkanes of at least 4 members (excludes halogenated alkanes) is 1. The lowest BCUT2D eigenvalue weighted by Crippen LogP contribution is -2.31. The van der Waals surface area contributed by atoms with Crippen LogP contribution in [0.3, 0.4) is 0 Å². The summed E-state index contributed by atoms with van der Waals surface area (Å²) in [6.45, 7) is 10.1. The van der Waals surface area contributed by atoms with Gasteiger partial charge in [-0.15, -0.1) is 0 Å². The molecule has 0 unspecified atom stereocenters. The Labute approximate surface area is 117 Å². The Morgan fingerprint density at radius 3 is 2.00 bits per heavy atom. The molecule has 0 fully saturated rings. The van der Waals surface area contributed by atoms with Crippen molar-refractivity contribution in [3.63, 3.8) is 0 Å². The summed E-state index contributed by atoms with van der Waals surface area (Å²) in [5, 5.41) is 2.79. The first-order valence-corrected chi connectivity index (χ1v) is 7.19. The molecule has 0 rings (SSSR count). The van der Waals surface area contributed by atoms with Gasteiger partial charge in [-0.2, -0.15) is 0 Å². The lowest BCUT2D eigenvalue weighted by Gasteiger charge is -2.08. The molecule has 0 radical (unpaired) electrons. The molecular formula is C14H29NO4. The van der Waals surface area contributed by atoms with Gasteiger partial charge in [0.25, 0.3) is 0 Å². The van der Waals surface area contributed by atoms with E-state index in [1.165, 1.54) is 0 Å². The molecule has 0 atom stereocenters. The van der Waals surface area contributed by atoms with Crippen molar-refractivity contribution in [2.75, 3.05) is 46.2 Å². The van der Waals surface area contributed by atoms with Crippen molar-refractivity contribution in [2.24, 2.45) is 5.92 Å². The fraction of sp³-hybridized carbons (Fsp3) is 0.929. The zero-order chi connectivity index (χ0) is 14.3. The van der Waals surface area contributed by atoms with Gasteiger partial charge < -0.3 is 19.5 Å². The summed E-state index contributed by atoms with van der Waals surface area (Å²) < 4.78 is 16.0. The predicted molar refractivity (Wildman–Crippen MR) is 75.2 cm³/mol. The molecular weight excluding hydrogens is 246 g/mol. The van der Waals surface area contributed by atoms with Crippen LogP contribution in [0.25, 0.3) is 0 Å². The minimum atomic E-state index is 0.0241. The Morgan fingerprint density at radius 2 is 1.47 bits per heavy atom. The zero-order valence-electron chi connectivity index (χ0n) is 12.6. The Kier molecular flexibility index (Phi) is 13.3. The molecule has 0 aromatic rings. The molecule has 1 amide bonds. The quantitative estimate of drug-likeness (QED) is 0.519. The van der Waals surface area contributed by atoms with E-state index in [1.54, 1.807) is 0 Å². The molecule has 0 aliphatic rings. The summed E-state index contributed by atoms with van der Waals surface area (Å²) in [4.78, 5) is 11.2. The highest BCUT2D eigenvalue weighted by molar-refractivity contribution is 5.77. The summed E-state index contributed by atoms with van der Waals surface area (Å²) in [7, 11) is 0. The molecule has 5 heteroatoms. The Balaban J connectivity index is 3.05. The van der Waals surface area contributed by atoms with Gasteiger partial charge in [0.15, 0.2) is 0 Å². The van der Waals surface area contributed by atoms with Crippen molar-refractivity contribution in [3.05, 3.63) is 0 Å². The van der Waals surface area contributed by atoms with Gasteiger partial charge in [0.05, 0.1) is 33.0 Å². The third-order valence-electron chi connectivity index (χ3n) is 2.46. The minimum absolute atomic E-state index is 0.0241. The Morgan fingerprint density at radius 1 is 0.947 bits per heavy atom. The fourth-order valence-electron chi connectivity index (χ4n) is 1.24. The normalized spacial score (nSPS) is 10.9. The van der Waals surface area contributed by atoms with E-state index in [1.807, 2.05) is 13.8 Å². The number of carbonyl (C=O) groups is 1. The summed E-state index contributed by atoms with van der Waals surface area (Å²) in [5.41, 5.74) is 0. The van der Waals surface area contributed by atoms with E-state index < -0.39 is 0 Å². The van der Waals surface area contributed by atoms with Gasteiger partial charge in [0.2, 0.25) is 5.91 Å². The number of hydrogen-bond donors (Lipinski definition) is 1. The second kappa shape index (κ2) is 13.8. The number of rotatable bonds is 13. The molecule has 0 bridgehead atoms. The first-order valence-electron chi connectivity index (χ1n) is 7.19. The van der Waals surface area contributed by atoms with Crippen LogP contribution >= 0.6 is 0 Å². The maximum atomic E-state index is 11.2. The molecule has 0 heterocycles. The molecule has 0 saturated heterocycles. The van der Waals surface area contributed by atoms with E-state index in [-0.39, 0.29) is 11.8 Å². The van der Waals surface area contributed by atoms with Crippen molar-refractivity contribution < 1.29 is 19.0 Å². The first kappa shape index (κ1) is 18.4. The average Bonchev–Trinajstić information content (AvgIpc) is 2.39. The van der Waals surface area contributed by atoms with Crippen LogP contribution in [0.2, 0.25) is 0 Å². The van der Waals surface area contributed by atoms with Crippen LogP contribution in [0.15, 0.2) is 0 Å². The van der Waals surface area contributed by atoms with Crippen LogP contribution < -0.4 is 5.32 Å². The van der Waals surface area contributed by atoms with Crippen molar-refractivity contribution in [2.45, 2.75) is 33.6 Å². The van der Waals surface area contributed by atoms with Gasteiger partial charge in [0.1, 0.15) is 0 Å². The van der Waals surface area contributed by atoms with Crippen molar-refractivity contribution in [1.29, 1.82) is 0 Å². The van der Waals surface area contributed by atoms with Crippen LogP contribution in [0.1, 0.15) is 33.6 Å². The van der Waals surface area contributed by atoms with Gasteiger partial charge in [-0.05, 0) is 6.42 Å². The van der Waals surface area contributed by atoms with E-state index in [2.05, 4.69) is 12.2 Å². The van der Waals surface area contributed by atoms with Crippen LogP contribution in [0, 0.1) is 5.92 Å². The van der Waals surface area contributed by atoms with Gasteiger partial charge >= 0.3 is 0 Å². The summed E-state index contributed by atoms with van der Waals surface area (Å²) in [6, 6.07) is 0. The van der Waals surface area contributed by atoms with E-state index in [0.29, 0.717) is 39.6 Å². The monoisotopic (exact) mass is 275 g/mol. The van der Waals surface area contributed by atoms with Crippen LogP contribution in [-0.2, 0) is 19.0 Å². The van der Waals surface area contributed by atoms with Crippen molar-refractivity contribution in [3.8, 4) is 0 Å². The highest BCUT2D eigenvalue weighted by atomic mass is 16.5. The van der Waals surface area contributed by atoms with E-state index in [4.69, 9.17) is 14.2 Å². The second-order valence-electron chi connectivity index (χ2n) is 4.64. The number of hydrogen-bond acceptors (Lipinski definition) is 4. The van der Waals surface area contributed by atoms with Crippen LogP contribution in [-0.4, -0.2) is 52.1 Å². The largest absolute Gasteiger partial charge is 0.379 e. The molecule has 0 aliphatic carbocycles. The summed E-state index contributed by atoms with van der Waals surface area (Å²) in [5.74, 6) is 0.0834. The average molecular weight is 275 g/mol. The minimum Gasteiger partial charge on any atom is -0.379 e. The Hall–Kier alpha value is -0.650. The van der Waals surface area contributed by atoms with Crippen LogP contribution in [0.5, 0.6) is 0 Å². The second-order valence-corrected chi connectivity index (χ2v) is 4.64. The fourth-order valence-corrected chi connectivity index (χ4v) is 1.24. The number of carbonyl (C=O) groups excluding carboxylic acids is 1. The highest BCUT2D eigenvalue weighted by Gasteiger charge is 2.04. The molecule has 0 aromatic heterocycles. The van der Waals surface area contributed by atoms with Crippen molar-refractivity contribution >= 4 is 5.91 Å². The third-order valence-corrected chi connectivity index (χ3v) is 2.46. The van der Waals surface area contributed by atoms with E-state index in [0.717, 1.165) is 19.4 Å². The molecule has 0 saturated carbocycles. The van der Waals surface area contributed by atoms with E-state index >= 15 is 0 Å². The molecule has 0 spiro atoms. The molecule has 0 aliphatic heterocycles. The van der Waals surface area contributed by atoms with Crippen LogP contribution in [0.4, 0.5) is 0 Å². The highest BCUT2D eigenvalue weighted by Crippen LogP contribution is 1.90. The predicted octanol–water partition coefficient (Wildman–Crippen LogP) is 1.61. The molecule has 1 N–H and O–H groups in total. The summed E-state index contributed by atoms with van der Waals surface area (Å²) >= 11 is 0. The Bertz CT molecular complexity index is 210. The van der Waals surface area contributed by atoms with Gasteiger partial charge in [-0.25, -0.2) is 0 Å². The molecule has 114 valence electrons. The molecule has 5 nitrogen and oxygen atoms in total. The number of ether oxygens (including phenoxy) is 3. The SMILES string of the molecule is CCCCOCCOCCOCCNC(=O)C(C)C. The van der Waals surface area contributed by atoms with Crippen molar-refractivity contribution in [1.82, 2.24) is 5.32 Å². The standard InChI is InChI=1S/C14H29NO4/c1-4-5-7-17-9-11-19-12-10-18-8-6-15-14(16)13(2)3/h13H,4-12H2,1-3H3,(H,15,16). The molecule has 0 aromatic carbocycles. The maximum Gasteiger partial charge on any atom is 0.222 e.